The second-order valence-corrected chi connectivity index (χ2v) is 7.46. The summed E-state index contributed by atoms with van der Waals surface area (Å²) in [6.45, 7) is 3.60. The van der Waals surface area contributed by atoms with Crippen LogP contribution in [-0.2, 0) is 10.0 Å². The fourth-order valence-electron chi connectivity index (χ4n) is 2.59. The fourth-order valence-corrected chi connectivity index (χ4v) is 4.01. The minimum Gasteiger partial charge on any atom is -0.354 e. The van der Waals surface area contributed by atoms with Gasteiger partial charge < -0.3 is 4.90 Å². The van der Waals surface area contributed by atoms with Crippen molar-refractivity contribution in [3.63, 3.8) is 0 Å². The third-order valence-electron chi connectivity index (χ3n) is 3.92. The van der Waals surface area contributed by atoms with Crippen LogP contribution >= 0.6 is 0 Å². The first-order chi connectivity index (χ1) is 11.0. The molecule has 2 heterocycles. The van der Waals surface area contributed by atoms with Crippen molar-refractivity contribution in [3.8, 4) is 0 Å². The first kappa shape index (κ1) is 15.9. The Kier molecular flexibility index (Phi) is 4.32. The predicted molar refractivity (Wildman–Crippen MR) is 86.3 cm³/mol. The molecule has 5 nitrogen and oxygen atoms in total. The van der Waals surface area contributed by atoms with Crippen LogP contribution in [0, 0.1) is 12.9 Å². The highest BCUT2D eigenvalue weighted by atomic mass is 32.2. The lowest BCUT2D eigenvalue weighted by atomic mass is 10.2. The zero-order valence-corrected chi connectivity index (χ0v) is 13.6. The van der Waals surface area contributed by atoms with Gasteiger partial charge in [0.25, 0.3) is 0 Å². The second kappa shape index (κ2) is 6.25. The Balaban J connectivity index is 1.72. The first-order valence-corrected chi connectivity index (χ1v) is 8.85. The highest BCUT2D eigenvalue weighted by Gasteiger charge is 2.28. The van der Waals surface area contributed by atoms with Gasteiger partial charge in [-0.25, -0.2) is 13.4 Å². The first-order valence-electron chi connectivity index (χ1n) is 7.41. The van der Waals surface area contributed by atoms with Crippen molar-refractivity contribution in [3.05, 3.63) is 54.0 Å². The Morgan fingerprint density at radius 1 is 1.00 bits per heavy atom. The third kappa shape index (κ3) is 3.35. The molecular formula is C16H18FN3O2S. The normalized spacial score (nSPS) is 16.5. The average molecular weight is 335 g/mol. The number of rotatable bonds is 3. The highest BCUT2D eigenvalue weighted by Crippen LogP contribution is 2.20. The smallest absolute Gasteiger partial charge is 0.243 e. The molecule has 0 aliphatic carbocycles. The molecule has 23 heavy (non-hydrogen) atoms. The summed E-state index contributed by atoms with van der Waals surface area (Å²) in [7, 11) is -3.48. The number of hydrogen-bond donors (Lipinski definition) is 0. The summed E-state index contributed by atoms with van der Waals surface area (Å²) < 4.78 is 39.9. The van der Waals surface area contributed by atoms with E-state index < -0.39 is 16.0 Å². The maximum absolute atomic E-state index is 13.2. The van der Waals surface area contributed by atoms with Gasteiger partial charge in [0.1, 0.15) is 5.82 Å². The van der Waals surface area contributed by atoms with E-state index >= 15 is 0 Å². The molecule has 2 aromatic rings. The fraction of sp³-hybridized carbons (Fsp3) is 0.312. The lowest BCUT2D eigenvalue weighted by Gasteiger charge is -2.34. The van der Waals surface area contributed by atoms with Gasteiger partial charge in [-0.1, -0.05) is 23.8 Å². The summed E-state index contributed by atoms with van der Waals surface area (Å²) in [5.41, 5.74) is 1.02. The van der Waals surface area contributed by atoms with Crippen LogP contribution in [0.3, 0.4) is 0 Å². The monoisotopic (exact) mass is 335 g/mol. The van der Waals surface area contributed by atoms with Crippen molar-refractivity contribution in [1.82, 2.24) is 9.29 Å². The zero-order valence-electron chi connectivity index (χ0n) is 12.8. The maximum Gasteiger partial charge on any atom is 0.243 e. The lowest BCUT2D eigenvalue weighted by Crippen LogP contribution is -2.48. The van der Waals surface area contributed by atoms with E-state index in [2.05, 4.69) is 4.98 Å². The zero-order chi connectivity index (χ0) is 16.4. The lowest BCUT2D eigenvalue weighted by molar-refractivity contribution is 0.383. The molecule has 1 aromatic heterocycles. The molecule has 0 spiro atoms. The number of aryl methyl sites for hydroxylation is 1. The summed E-state index contributed by atoms with van der Waals surface area (Å²) in [4.78, 5) is 6.04. The number of benzene rings is 1. The van der Waals surface area contributed by atoms with Gasteiger partial charge in [-0.15, -0.1) is 0 Å². The molecule has 0 radical (unpaired) electrons. The van der Waals surface area contributed by atoms with Crippen LogP contribution < -0.4 is 4.90 Å². The molecule has 1 aliphatic heterocycles. The molecule has 7 heteroatoms. The summed E-state index contributed by atoms with van der Waals surface area (Å²) >= 11 is 0. The van der Waals surface area contributed by atoms with Crippen LogP contribution in [0.1, 0.15) is 5.56 Å². The number of sulfonamides is 1. The average Bonchev–Trinajstić information content (AvgIpc) is 2.55. The minimum absolute atomic E-state index is 0.306. The summed E-state index contributed by atoms with van der Waals surface area (Å²) in [5, 5.41) is 0. The van der Waals surface area contributed by atoms with E-state index in [-0.39, 0.29) is 0 Å². The van der Waals surface area contributed by atoms with Crippen molar-refractivity contribution < 1.29 is 12.8 Å². The van der Waals surface area contributed by atoms with Gasteiger partial charge in [-0.05, 0) is 31.2 Å². The van der Waals surface area contributed by atoms with E-state index in [4.69, 9.17) is 0 Å². The van der Waals surface area contributed by atoms with Crippen LogP contribution in [-0.4, -0.2) is 43.9 Å². The van der Waals surface area contributed by atoms with Crippen LogP contribution in [0.25, 0.3) is 0 Å². The maximum atomic E-state index is 13.2. The quantitative estimate of drug-likeness (QED) is 0.806. The van der Waals surface area contributed by atoms with Crippen molar-refractivity contribution in [2.75, 3.05) is 31.1 Å². The number of pyridine rings is 1. The van der Waals surface area contributed by atoms with Gasteiger partial charge in [0, 0.05) is 26.2 Å². The Hall–Kier alpha value is -1.99. The van der Waals surface area contributed by atoms with Gasteiger partial charge in [-0.2, -0.15) is 8.70 Å². The van der Waals surface area contributed by atoms with E-state index in [9.17, 15) is 12.8 Å². The van der Waals surface area contributed by atoms with Gasteiger partial charge in [0.15, 0.2) is 0 Å². The number of nitrogens with zero attached hydrogens (tertiary/aromatic N) is 3. The van der Waals surface area contributed by atoms with Gasteiger partial charge >= 0.3 is 0 Å². The Morgan fingerprint density at radius 3 is 2.26 bits per heavy atom. The molecule has 1 saturated heterocycles. The molecule has 0 N–H and O–H groups in total. The predicted octanol–water partition coefficient (Wildman–Crippen LogP) is 2.04. The highest BCUT2D eigenvalue weighted by molar-refractivity contribution is 7.89. The Morgan fingerprint density at radius 2 is 1.65 bits per heavy atom. The number of aromatic nitrogens is 1. The molecule has 122 valence electrons. The number of piperazine rings is 1. The second-order valence-electron chi connectivity index (χ2n) is 5.52. The molecule has 1 fully saturated rings. The van der Waals surface area contributed by atoms with Gasteiger partial charge in [0.05, 0.1) is 4.90 Å². The molecule has 0 bridgehead atoms. The molecule has 0 saturated carbocycles. The minimum atomic E-state index is -3.48. The van der Waals surface area contributed by atoms with Crippen molar-refractivity contribution in [2.24, 2.45) is 0 Å². The largest absolute Gasteiger partial charge is 0.354 e. The van der Waals surface area contributed by atoms with E-state index in [1.165, 1.54) is 10.4 Å². The van der Waals surface area contributed by atoms with Crippen LogP contribution in [0.15, 0.2) is 47.4 Å². The van der Waals surface area contributed by atoms with Crippen LogP contribution in [0.4, 0.5) is 10.2 Å². The van der Waals surface area contributed by atoms with E-state index in [1.807, 2.05) is 11.8 Å². The van der Waals surface area contributed by atoms with E-state index in [0.717, 1.165) is 5.56 Å². The van der Waals surface area contributed by atoms with Crippen molar-refractivity contribution in [1.29, 1.82) is 0 Å². The Labute approximate surface area is 135 Å². The molecule has 3 rings (SSSR count). The molecule has 1 aromatic carbocycles. The van der Waals surface area contributed by atoms with Gasteiger partial charge in [0.2, 0.25) is 16.0 Å². The number of hydrogen-bond acceptors (Lipinski definition) is 4. The van der Waals surface area contributed by atoms with Crippen LogP contribution in [0.2, 0.25) is 0 Å². The summed E-state index contributed by atoms with van der Waals surface area (Å²) in [6, 6.07) is 11.5. The molecule has 0 atom stereocenters. The van der Waals surface area contributed by atoms with Crippen molar-refractivity contribution in [2.45, 2.75) is 11.8 Å². The molecule has 1 aliphatic rings. The molecular weight excluding hydrogens is 317 g/mol. The summed E-state index contributed by atoms with van der Waals surface area (Å²) in [5.74, 6) is 0.00888. The molecule has 0 unspecified atom stereocenters. The summed E-state index contributed by atoms with van der Waals surface area (Å²) in [6.07, 6.45) is 0. The van der Waals surface area contributed by atoms with Crippen molar-refractivity contribution >= 4 is 15.8 Å². The van der Waals surface area contributed by atoms with E-state index in [1.54, 1.807) is 36.4 Å². The topological polar surface area (TPSA) is 53.5 Å². The van der Waals surface area contributed by atoms with E-state index in [0.29, 0.717) is 36.9 Å². The Bertz CT molecular complexity index is 785. The molecule has 0 amide bonds. The standard InChI is InChI=1S/C16H18FN3O2S/c1-13-5-7-14(8-6-13)23(21,22)20-11-9-19(10-12-20)16-4-2-3-15(17)18-16/h2-8H,9-12H2,1H3. The van der Waals surface area contributed by atoms with Crippen LogP contribution in [0.5, 0.6) is 0 Å². The van der Waals surface area contributed by atoms with Gasteiger partial charge in [-0.3, -0.25) is 0 Å². The SMILES string of the molecule is Cc1ccc(S(=O)(=O)N2CCN(c3cccc(F)n3)CC2)cc1. The number of anilines is 1. The number of halogens is 1. The third-order valence-corrected chi connectivity index (χ3v) is 5.83.